The molecule has 0 atom stereocenters. The lowest BCUT2D eigenvalue weighted by atomic mass is 10.2. The summed E-state index contributed by atoms with van der Waals surface area (Å²) in [6.07, 6.45) is 0. The highest BCUT2D eigenvalue weighted by atomic mass is 35.5. The molecule has 0 fully saturated rings. The Labute approximate surface area is 106 Å². The van der Waals surface area contributed by atoms with Crippen molar-refractivity contribution in [3.63, 3.8) is 0 Å². The Morgan fingerprint density at radius 1 is 1.41 bits per heavy atom. The second kappa shape index (κ2) is 4.91. The molecule has 6 nitrogen and oxygen atoms in total. The molecule has 8 heteroatoms. The summed E-state index contributed by atoms with van der Waals surface area (Å²) in [7, 11) is 0. The number of benzene rings is 1. The van der Waals surface area contributed by atoms with E-state index in [2.05, 4.69) is 0 Å². The molecule has 17 heavy (non-hydrogen) atoms. The average molecular weight is 274 g/mol. The minimum Gasteiger partial charge on any atom is -0.474 e. The Hall–Kier alpha value is -1.97. The molecule has 0 radical (unpaired) electrons. The van der Waals surface area contributed by atoms with E-state index in [1.165, 1.54) is 0 Å². The average Bonchev–Trinajstić information content (AvgIpc) is 2.29. The third kappa shape index (κ3) is 2.58. The molecule has 0 aliphatic rings. The van der Waals surface area contributed by atoms with Crippen LogP contribution in [0.5, 0.6) is 0 Å². The zero-order valence-corrected chi connectivity index (χ0v) is 9.63. The molecule has 0 saturated heterocycles. The SMILES string of the molecule is N#Cc1cc(NC(=O)C(=O)O)c(Cl)c(N)c1Cl. The molecule has 0 aliphatic carbocycles. The van der Waals surface area contributed by atoms with Gasteiger partial charge >= 0.3 is 11.9 Å². The van der Waals surface area contributed by atoms with Gasteiger partial charge in [0.05, 0.1) is 27.0 Å². The topological polar surface area (TPSA) is 116 Å². The number of carboxylic acid groups (broad SMARTS) is 1. The molecule has 0 saturated carbocycles. The number of nitrogens with two attached hydrogens (primary N) is 1. The summed E-state index contributed by atoms with van der Waals surface area (Å²) >= 11 is 11.5. The number of carbonyl (C=O) groups is 2. The summed E-state index contributed by atoms with van der Waals surface area (Å²) in [5.74, 6) is -2.98. The van der Waals surface area contributed by atoms with E-state index >= 15 is 0 Å². The summed E-state index contributed by atoms with van der Waals surface area (Å²) in [6, 6.07) is 2.88. The first-order valence-electron chi connectivity index (χ1n) is 4.10. The number of nitrogens with one attached hydrogen (secondary N) is 1. The second-order valence-electron chi connectivity index (χ2n) is 2.88. The number of carbonyl (C=O) groups excluding carboxylic acids is 1. The van der Waals surface area contributed by atoms with E-state index < -0.39 is 11.9 Å². The van der Waals surface area contributed by atoms with Gasteiger partial charge < -0.3 is 16.2 Å². The normalized spacial score (nSPS) is 9.47. The van der Waals surface area contributed by atoms with E-state index in [0.29, 0.717) is 0 Å². The highest BCUT2D eigenvalue weighted by Gasteiger charge is 2.18. The zero-order chi connectivity index (χ0) is 13.2. The number of aliphatic carboxylic acids is 1. The highest BCUT2D eigenvalue weighted by molar-refractivity contribution is 6.43. The van der Waals surface area contributed by atoms with Crippen LogP contribution in [0, 0.1) is 11.3 Å². The third-order valence-corrected chi connectivity index (χ3v) is 2.61. The molecule has 0 bridgehead atoms. The lowest BCUT2D eigenvalue weighted by molar-refractivity contribution is -0.147. The fourth-order valence-electron chi connectivity index (χ4n) is 1.01. The van der Waals surface area contributed by atoms with Crippen LogP contribution in [0.4, 0.5) is 11.4 Å². The fraction of sp³-hybridized carbons (Fsp3) is 0. The van der Waals surface area contributed by atoms with E-state index in [-0.39, 0.29) is 27.0 Å². The molecule has 4 N–H and O–H groups in total. The Bertz CT molecular complexity index is 551. The van der Waals surface area contributed by atoms with Crippen molar-refractivity contribution in [1.82, 2.24) is 0 Å². The highest BCUT2D eigenvalue weighted by Crippen LogP contribution is 2.36. The second-order valence-corrected chi connectivity index (χ2v) is 3.64. The quantitative estimate of drug-likeness (QED) is 0.529. The number of nitrogens with zero attached hydrogens (tertiary/aromatic N) is 1. The predicted molar refractivity (Wildman–Crippen MR) is 61.9 cm³/mol. The van der Waals surface area contributed by atoms with Gasteiger partial charge in [-0.1, -0.05) is 23.2 Å². The Kier molecular flexibility index (Phi) is 3.78. The number of anilines is 2. The van der Waals surface area contributed by atoms with Gasteiger partial charge in [0.2, 0.25) is 0 Å². The first-order valence-corrected chi connectivity index (χ1v) is 4.86. The van der Waals surface area contributed by atoms with Gasteiger partial charge in [0.1, 0.15) is 6.07 Å². The van der Waals surface area contributed by atoms with Crippen LogP contribution in [0.15, 0.2) is 6.07 Å². The summed E-state index contributed by atoms with van der Waals surface area (Å²) < 4.78 is 0. The number of hydrogen-bond acceptors (Lipinski definition) is 4. The van der Waals surface area contributed by atoms with E-state index in [9.17, 15) is 9.59 Å². The number of rotatable bonds is 1. The zero-order valence-electron chi connectivity index (χ0n) is 8.12. The summed E-state index contributed by atoms with van der Waals surface area (Å²) in [6.45, 7) is 0. The Morgan fingerprint density at radius 3 is 2.47 bits per heavy atom. The van der Waals surface area contributed by atoms with Crippen molar-refractivity contribution in [1.29, 1.82) is 5.26 Å². The molecule has 0 heterocycles. The Balaban J connectivity index is 3.27. The maximum absolute atomic E-state index is 10.9. The molecule has 1 rings (SSSR count). The van der Waals surface area contributed by atoms with Crippen LogP contribution in [-0.2, 0) is 9.59 Å². The number of nitrogen functional groups attached to an aromatic ring is 1. The molecule has 0 spiro atoms. The molecular formula is C9H5Cl2N3O3. The maximum atomic E-state index is 10.9. The number of amides is 1. The van der Waals surface area contributed by atoms with Crippen molar-refractivity contribution in [3.8, 4) is 6.07 Å². The standard InChI is InChI=1S/C9H5Cl2N3O3/c10-5-3(2-12)1-4(6(11)7(5)13)14-8(15)9(16)17/h1H,13H2,(H,14,15)(H,16,17). The van der Waals surface area contributed by atoms with Gasteiger partial charge in [0.15, 0.2) is 0 Å². The number of hydrogen-bond donors (Lipinski definition) is 3. The molecule has 88 valence electrons. The molecule has 0 aliphatic heterocycles. The van der Waals surface area contributed by atoms with Gasteiger partial charge in [0.25, 0.3) is 0 Å². The molecule has 0 unspecified atom stereocenters. The van der Waals surface area contributed by atoms with Crippen molar-refractivity contribution in [3.05, 3.63) is 21.7 Å². The Morgan fingerprint density at radius 2 is 2.00 bits per heavy atom. The molecule has 1 aromatic carbocycles. The summed E-state index contributed by atoms with van der Waals surface area (Å²) in [5, 5.41) is 19.0. The molecule has 1 aromatic rings. The van der Waals surface area contributed by atoms with Crippen LogP contribution in [0.3, 0.4) is 0 Å². The lowest BCUT2D eigenvalue weighted by Crippen LogP contribution is -2.22. The van der Waals surface area contributed by atoms with Crippen LogP contribution in [0.2, 0.25) is 10.0 Å². The van der Waals surface area contributed by atoms with Gasteiger partial charge in [-0.3, -0.25) is 4.79 Å². The minimum absolute atomic E-state index is 0.0192. The number of halogens is 2. The van der Waals surface area contributed by atoms with E-state index in [0.717, 1.165) is 6.07 Å². The van der Waals surface area contributed by atoms with Gasteiger partial charge in [-0.15, -0.1) is 0 Å². The molecule has 0 aromatic heterocycles. The largest absolute Gasteiger partial charge is 0.474 e. The van der Waals surface area contributed by atoms with Gasteiger partial charge in [-0.05, 0) is 6.07 Å². The van der Waals surface area contributed by atoms with Crippen molar-refractivity contribution in [2.24, 2.45) is 0 Å². The van der Waals surface area contributed by atoms with Crippen LogP contribution in [-0.4, -0.2) is 17.0 Å². The van der Waals surface area contributed by atoms with Crippen molar-refractivity contribution >= 4 is 46.5 Å². The van der Waals surface area contributed by atoms with E-state index in [1.807, 2.05) is 5.32 Å². The van der Waals surface area contributed by atoms with Gasteiger partial charge in [0, 0.05) is 0 Å². The monoisotopic (exact) mass is 273 g/mol. The number of carboxylic acids is 1. The van der Waals surface area contributed by atoms with Crippen LogP contribution >= 0.6 is 23.2 Å². The third-order valence-electron chi connectivity index (χ3n) is 1.80. The lowest BCUT2D eigenvalue weighted by Gasteiger charge is -2.09. The van der Waals surface area contributed by atoms with Crippen molar-refractivity contribution < 1.29 is 14.7 Å². The maximum Gasteiger partial charge on any atom is 0.394 e. The minimum atomic E-state index is -1.69. The van der Waals surface area contributed by atoms with E-state index in [4.69, 9.17) is 39.3 Å². The van der Waals surface area contributed by atoms with Crippen LogP contribution < -0.4 is 11.1 Å². The first-order chi connectivity index (χ1) is 7.88. The van der Waals surface area contributed by atoms with Crippen LogP contribution in [0.1, 0.15) is 5.56 Å². The fourth-order valence-corrected chi connectivity index (χ4v) is 1.44. The van der Waals surface area contributed by atoms with Gasteiger partial charge in [-0.2, -0.15) is 5.26 Å². The number of nitriles is 1. The predicted octanol–water partition coefficient (Wildman–Crippen LogP) is 1.47. The van der Waals surface area contributed by atoms with Crippen LogP contribution in [0.25, 0.3) is 0 Å². The smallest absolute Gasteiger partial charge is 0.394 e. The molecule has 1 amide bonds. The van der Waals surface area contributed by atoms with Crippen molar-refractivity contribution in [2.45, 2.75) is 0 Å². The summed E-state index contributed by atoms with van der Waals surface area (Å²) in [4.78, 5) is 21.3. The van der Waals surface area contributed by atoms with Gasteiger partial charge in [-0.25, -0.2) is 4.79 Å². The van der Waals surface area contributed by atoms with Crippen molar-refractivity contribution in [2.75, 3.05) is 11.1 Å². The molecular weight excluding hydrogens is 269 g/mol. The first kappa shape index (κ1) is 13.1. The summed E-state index contributed by atoms with van der Waals surface area (Å²) in [5.41, 5.74) is 5.29. The van der Waals surface area contributed by atoms with E-state index in [1.54, 1.807) is 6.07 Å².